The van der Waals surface area contributed by atoms with E-state index in [1.165, 1.54) is 12.0 Å². The van der Waals surface area contributed by atoms with Gasteiger partial charge in [-0.3, -0.25) is 9.69 Å². The Morgan fingerprint density at radius 1 is 1.04 bits per heavy atom. The van der Waals surface area contributed by atoms with Crippen molar-refractivity contribution in [3.8, 4) is 0 Å². The Bertz CT molecular complexity index is 752. The van der Waals surface area contributed by atoms with Gasteiger partial charge in [0.05, 0.1) is 17.0 Å². The highest BCUT2D eigenvalue weighted by Crippen LogP contribution is 2.23. The van der Waals surface area contributed by atoms with Gasteiger partial charge in [-0.1, -0.05) is 11.6 Å². The lowest BCUT2D eigenvalue weighted by molar-refractivity contribution is 0.0596. The smallest absolute Gasteiger partial charge is 0.337 e. The molecule has 0 N–H and O–H groups in total. The number of carbonyl (C=O) groups is 2. The molecule has 0 aliphatic carbocycles. The summed E-state index contributed by atoms with van der Waals surface area (Å²) < 4.78 is 5.47. The van der Waals surface area contributed by atoms with Gasteiger partial charge in [-0.25, -0.2) is 4.79 Å². The van der Waals surface area contributed by atoms with Crippen LogP contribution in [0, 0.1) is 0 Å². The summed E-state index contributed by atoms with van der Waals surface area (Å²) in [6, 6.07) is 10.6. The van der Waals surface area contributed by atoms with E-state index in [1.807, 2.05) is 17.0 Å². The van der Waals surface area contributed by atoms with Crippen LogP contribution in [0.5, 0.6) is 0 Å². The zero-order chi connectivity index (χ0) is 17.8. The molecule has 0 unspecified atom stereocenters. The predicted octanol–water partition coefficient (Wildman–Crippen LogP) is 3.15. The SMILES string of the molecule is COC(=O)c1ccc(C(=O)N2CCN(Cc3ccc(Cl)s3)CC2)cc1. The quantitative estimate of drug-likeness (QED) is 0.767. The van der Waals surface area contributed by atoms with Gasteiger partial charge in [0, 0.05) is 43.2 Å². The third-order valence-electron chi connectivity index (χ3n) is 4.22. The van der Waals surface area contributed by atoms with Crippen molar-refractivity contribution >= 4 is 34.8 Å². The Balaban J connectivity index is 1.55. The number of thiophene rings is 1. The highest BCUT2D eigenvalue weighted by Gasteiger charge is 2.22. The van der Waals surface area contributed by atoms with Crippen molar-refractivity contribution in [2.45, 2.75) is 6.54 Å². The average molecular weight is 379 g/mol. The molecular formula is C18H19ClN2O3S. The van der Waals surface area contributed by atoms with Crippen molar-refractivity contribution in [1.82, 2.24) is 9.80 Å². The molecule has 3 rings (SSSR count). The molecule has 1 aromatic heterocycles. The molecule has 1 fully saturated rings. The number of esters is 1. The molecule has 1 aromatic carbocycles. The summed E-state index contributed by atoms with van der Waals surface area (Å²) in [5.41, 5.74) is 1.03. The third-order valence-corrected chi connectivity index (χ3v) is 5.44. The molecule has 25 heavy (non-hydrogen) atoms. The molecule has 5 nitrogen and oxygen atoms in total. The molecule has 0 saturated carbocycles. The fraction of sp³-hybridized carbons (Fsp3) is 0.333. The predicted molar refractivity (Wildman–Crippen MR) is 98.3 cm³/mol. The summed E-state index contributed by atoms with van der Waals surface area (Å²) in [6.45, 7) is 3.92. The van der Waals surface area contributed by atoms with E-state index in [-0.39, 0.29) is 5.91 Å². The molecule has 1 saturated heterocycles. The molecule has 132 valence electrons. The first-order chi connectivity index (χ1) is 12.1. The minimum absolute atomic E-state index is 0.00441. The number of rotatable bonds is 4. The first-order valence-corrected chi connectivity index (χ1v) is 9.20. The number of amides is 1. The van der Waals surface area contributed by atoms with Gasteiger partial charge in [0.1, 0.15) is 0 Å². The Labute approximate surface area is 155 Å². The van der Waals surface area contributed by atoms with Crippen molar-refractivity contribution in [2.75, 3.05) is 33.3 Å². The first-order valence-electron chi connectivity index (χ1n) is 8.01. The van der Waals surface area contributed by atoms with Crippen LogP contribution in [-0.4, -0.2) is 55.0 Å². The normalized spacial score (nSPS) is 15.2. The number of ether oxygens (including phenoxy) is 1. The van der Waals surface area contributed by atoms with E-state index in [9.17, 15) is 9.59 Å². The van der Waals surface area contributed by atoms with Gasteiger partial charge in [-0.2, -0.15) is 0 Å². The summed E-state index contributed by atoms with van der Waals surface area (Å²) in [6.07, 6.45) is 0. The van der Waals surface area contributed by atoms with Gasteiger partial charge in [0.25, 0.3) is 5.91 Å². The lowest BCUT2D eigenvalue weighted by Gasteiger charge is -2.34. The van der Waals surface area contributed by atoms with Gasteiger partial charge < -0.3 is 9.64 Å². The van der Waals surface area contributed by atoms with E-state index >= 15 is 0 Å². The highest BCUT2D eigenvalue weighted by molar-refractivity contribution is 7.16. The number of benzene rings is 1. The van der Waals surface area contributed by atoms with Crippen LogP contribution < -0.4 is 0 Å². The fourth-order valence-electron chi connectivity index (χ4n) is 2.82. The molecule has 1 aliphatic heterocycles. The molecule has 2 aromatic rings. The van der Waals surface area contributed by atoms with E-state index in [0.717, 1.165) is 24.0 Å². The third kappa shape index (κ3) is 4.39. The van der Waals surface area contributed by atoms with Crippen LogP contribution in [0.1, 0.15) is 25.6 Å². The van der Waals surface area contributed by atoms with Crippen molar-refractivity contribution in [3.05, 3.63) is 56.7 Å². The second kappa shape index (κ2) is 7.99. The molecule has 0 spiro atoms. The maximum atomic E-state index is 12.6. The van der Waals surface area contributed by atoms with E-state index < -0.39 is 5.97 Å². The van der Waals surface area contributed by atoms with Gasteiger partial charge in [0.2, 0.25) is 0 Å². The molecular weight excluding hydrogens is 360 g/mol. The molecule has 7 heteroatoms. The van der Waals surface area contributed by atoms with Crippen LogP contribution in [-0.2, 0) is 11.3 Å². The van der Waals surface area contributed by atoms with Crippen LogP contribution in [0.4, 0.5) is 0 Å². The molecule has 0 atom stereocenters. The van der Waals surface area contributed by atoms with Crippen LogP contribution in [0.15, 0.2) is 36.4 Å². The number of halogens is 1. The summed E-state index contributed by atoms with van der Waals surface area (Å²) in [7, 11) is 1.34. The Kier molecular flexibility index (Phi) is 5.73. The van der Waals surface area contributed by atoms with Gasteiger partial charge in [0.15, 0.2) is 0 Å². The second-order valence-electron chi connectivity index (χ2n) is 5.84. The Hall–Kier alpha value is -1.89. The van der Waals surface area contributed by atoms with Crippen molar-refractivity contribution in [3.63, 3.8) is 0 Å². The van der Waals surface area contributed by atoms with Crippen LogP contribution in [0.3, 0.4) is 0 Å². The van der Waals surface area contributed by atoms with Crippen LogP contribution in [0.2, 0.25) is 4.34 Å². The van der Waals surface area contributed by atoms with Gasteiger partial charge >= 0.3 is 5.97 Å². The maximum Gasteiger partial charge on any atom is 0.337 e. The molecule has 0 bridgehead atoms. The van der Waals surface area contributed by atoms with E-state index in [0.29, 0.717) is 24.2 Å². The topological polar surface area (TPSA) is 49.9 Å². The first kappa shape index (κ1) is 17.9. The molecule has 1 aliphatic rings. The number of hydrogen-bond donors (Lipinski definition) is 0. The fourth-order valence-corrected chi connectivity index (χ4v) is 3.95. The monoisotopic (exact) mass is 378 g/mol. The number of hydrogen-bond acceptors (Lipinski definition) is 5. The standard InChI is InChI=1S/C18H19ClN2O3S/c1-24-18(23)14-4-2-13(3-5-14)17(22)21-10-8-20(9-11-21)12-15-6-7-16(19)25-15/h2-7H,8-12H2,1H3. The number of methoxy groups -OCH3 is 1. The van der Waals surface area contributed by atoms with Gasteiger partial charge in [-0.05, 0) is 36.4 Å². The molecule has 1 amide bonds. The molecule has 2 heterocycles. The second-order valence-corrected chi connectivity index (χ2v) is 7.64. The van der Waals surface area contributed by atoms with E-state index in [1.54, 1.807) is 35.6 Å². The lowest BCUT2D eigenvalue weighted by Crippen LogP contribution is -2.48. The summed E-state index contributed by atoms with van der Waals surface area (Å²) >= 11 is 7.57. The largest absolute Gasteiger partial charge is 0.465 e. The zero-order valence-electron chi connectivity index (χ0n) is 13.9. The average Bonchev–Trinajstić information content (AvgIpc) is 3.06. The minimum Gasteiger partial charge on any atom is -0.465 e. The lowest BCUT2D eigenvalue weighted by atomic mass is 10.1. The number of piperazine rings is 1. The Morgan fingerprint density at radius 2 is 1.68 bits per heavy atom. The summed E-state index contributed by atoms with van der Waals surface area (Å²) in [4.78, 5) is 29.5. The van der Waals surface area contributed by atoms with Gasteiger partial charge in [-0.15, -0.1) is 11.3 Å². The van der Waals surface area contributed by atoms with E-state index in [2.05, 4.69) is 9.64 Å². The van der Waals surface area contributed by atoms with Crippen molar-refractivity contribution < 1.29 is 14.3 Å². The van der Waals surface area contributed by atoms with Crippen molar-refractivity contribution in [1.29, 1.82) is 0 Å². The molecule has 0 radical (unpaired) electrons. The number of nitrogens with zero attached hydrogens (tertiary/aromatic N) is 2. The Morgan fingerprint density at radius 3 is 2.24 bits per heavy atom. The zero-order valence-corrected chi connectivity index (χ0v) is 15.5. The summed E-state index contributed by atoms with van der Waals surface area (Å²) in [5, 5.41) is 0. The minimum atomic E-state index is -0.402. The van der Waals surface area contributed by atoms with Crippen molar-refractivity contribution in [2.24, 2.45) is 0 Å². The maximum absolute atomic E-state index is 12.6. The summed E-state index contributed by atoms with van der Waals surface area (Å²) in [5.74, 6) is -0.406. The van der Waals surface area contributed by atoms with Crippen LogP contribution >= 0.6 is 22.9 Å². The van der Waals surface area contributed by atoms with E-state index in [4.69, 9.17) is 11.6 Å². The van der Waals surface area contributed by atoms with Crippen LogP contribution in [0.25, 0.3) is 0 Å². The number of carbonyl (C=O) groups excluding carboxylic acids is 2. The highest BCUT2D eigenvalue weighted by atomic mass is 35.5.